The lowest BCUT2D eigenvalue weighted by atomic mass is 10.0. The third-order valence-electron chi connectivity index (χ3n) is 2.60. The van der Waals surface area contributed by atoms with Crippen LogP contribution in [0, 0.1) is 0 Å². The fourth-order valence-electron chi connectivity index (χ4n) is 1.57. The molecule has 0 amide bonds. The first-order valence-corrected chi connectivity index (χ1v) is 5.55. The van der Waals surface area contributed by atoms with Crippen molar-refractivity contribution in [2.75, 3.05) is 12.4 Å². The number of nitrogens with zero attached hydrogens (tertiary/aromatic N) is 1. The first-order chi connectivity index (χ1) is 7.22. The molecule has 1 aliphatic carbocycles. The number of anilines is 1. The standard InChI is InChI=1S/C12H18N2O/c1-8(2)10-6-7-14-12(13-3)11(10)15-9-4-5-9/h6-9H,4-5H2,1-3H3,(H,13,14). The van der Waals surface area contributed by atoms with Crippen molar-refractivity contribution < 1.29 is 4.74 Å². The summed E-state index contributed by atoms with van der Waals surface area (Å²) in [5.41, 5.74) is 1.24. The molecule has 1 aromatic rings. The maximum atomic E-state index is 5.91. The quantitative estimate of drug-likeness (QED) is 0.822. The molecule has 0 atom stereocenters. The van der Waals surface area contributed by atoms with Gasteiger partial charge in [0.15, 0.2) is 11.6 Å². The van der Waals surface area contributed by atoms with Gasteiger partial charge in [-0.15, -0.1) is 0 Å². The lowest BCUT2D eigenvalue weighted by Crippen LogP contribution is -2.06. The van der Waals surface area contributed by atoms with Crippen LogP contribution in [0.3, 0.4) is 0 Å². The van der Waals surface area contributed by atoms with Crippen molar-refractivity contribution in [3.63, 3.8) is 0 Å². The molecule has 2 rings (SSSR count). The number of rotatable bonds is 4. The number of pyridine rings is 1. The Labute approximate surface area is 90.9 Å². The maximum absolute atomic E-state index is 5.91. The summed E-state index contributed by atoms with van der Waals surface area (Å²) >= 11 is 0. The van der Waals surface area contributed by atoms with E-state index < -0.39 is 0 Å². The van der Waals surface area contributed by atoms with Gasteiger partial charge in [-0.2, -0.15) is 0 Å². The second-order valence-corrected chi connectivity index (χ2v) is 4.30. The van der Waals surface area contributed by atoms with Gasteiger partial charge in [-0.1, -0.05) is 13.8 Å². The number of aromatic nitrogens is 1. The number of hydrogen-bond acceptors (Lipinski definition) is 3. The van der Waals surface area contributed by atoms with E-state index in [1.54, 1.807) is 0 Å². The van der Waals surface area contributed by atoms with E-state index in [-0.39, 0.29) is 0 Å². The molecule has 3 heteroatoms. The van der Waals surface area contributed by atoms with E-state index in [0.29, 0.717) is 12.0 Å². The molecular weight excluding hydrogens is 188 g/mol. The summed E-state index contributed by atoms with van der Waals surface area (Å²) in [6, 6.07) is 2.04. The molecule has 1 heterocycles. The van der Waals surface area contributed by atoms with Crippen LogP contribution in [0.4, 0.5) is 5.82 Å². The van der Waals surface area contributed by atoms with Crippen LogP contribution < -0.4 is 10.1 Å². The van der Waals surface area contributed by atoms with Crippen LogP contribution in [0.2, 0.25) is 0 Å². The molecule has 1 aromatic heterocycles. The second-order valence-electron chi connectivity index (χ2n) is 4.30. The van der Waals surface area contributed by atoms with E-state index in [0.717, 1.165) is 11.6 Å². The Balaban J connectivity index is 2.34. The Morgan fingerprint density at radius 1 is 1.47 bits per heavy atom. The molecule has 82 valence electrons. The topological polar surface area (TPSA) is 34.2 Å². The third-order valence-corrected chi connectivity index (χ3v) is 2.60. The zero-order valence-corrected chi connectivity index (χ0v) is 9.58. The van der Waals surface area contributed by atoms with E-state index >= 15 is 0 Å². The molecule has 0 aromatic carbocycles. The minimum Gasteiger partial charge on any atom is -0.486 e. The van der Waals surface area contributed by atoms with Crippen LogP contribution in [0.5, 0.6) is 5.75 Å². The average Bonchev–Trinajstić information content (AvgIpc) is 3.01. The zero-order chi connectivity index (χ0) is 10.8. The van der Waals surface area contributed by atoms with Gasteiger partial charge in [0, 0.05) is 18.8 Å². The third kappa shape index (κ3) is 2.22. The molecule has 0 saturated heterocycles. The van der Waals surface area contributed by atoms with E-state index in [1.165, 1.54) is 18.4 Å². The first-order valence-electron chi connectivity index (χ1n) is 5.55. The lowest BCUT2D eigenvalue weighted by molar-refractivity contribution is 0.299. The van der Waals surface area contributed by atoms with Gasteiger partial charge in [-0.3, -0.25) is 0 Å². The summed E-state index contributed by atoms with van der Waals surface area (Å²) in [5, 5.41) is 3.09. The minimum atomic E-state index is 0.416. The van der Waals surface area contributed by atoms with Crippen molar-refractivity contribution in [2.24, 2.45) is 0 Å². The Kier molecular flexibility index (Phi) is 2.80. The van der Waals surface area contributed by atoms with Crippen molar-refractivity contribution in [2.45, 2.75) is 38.7 Å². The summed E-state index contributed by atoms with van der Waals surface area (Å²) in [4.78, 5) is 4.28. The van der Waals surface area contributed by atoms with Gasteiger partial charge in [0.1, 0.15) is 0 Å². The highest BCUT2D eigenvalue weighted by Gasteiger charge is 2.26. The van der Waals surface area contributed by atoms with E-state index in [9.17, 15) is 0 Å². The molecule has 0 spiro atoms. The van der Waals surface area contributed by atoms with Crippen LogP contribution in [0.25, 0.3) is 0 Å². The Hall–Kier alpha value is -1.25. The SMILES string of the molecule is CNc1nccc(C(C)C)c1OC1CC1. The summed E-state index contributed by atoms with van der Waals surface area (Å²) in [6.45, 7) is 4.35. The molecule has 15 heavy (non-hydrogen) atoms. The zero-order valence-electron chi connectivity index (χ0n) is 9.58. The maximum Gasteiger partial charge on any atom is 0.168 e. The largest absolute Gasteiger partial charge is 0.486 e. The summed E-state index contributed by atoms with van der Waals surface area (Å²) in [7, 11) is 1.88. The fourth-order valence-corrected chi connectivity index (χ4v) is 1.57. The Morgan fingerprint density at radius 2 is 2.20 bits per heavy atom. The van der Waals surface area contributed by atoms with Gasteiger partial charge in [-0.25, -0.2) is 4.98 Å². The molecule has 3 nitrogen and oxygen atoms in total. The van der Waals surface area contributed by atoms with Gasteiger partial charge < -0.3 is 10.1 Å². The molecule has 0 unspecified atom stereocenters. The van der Waals surface area contributed by atoms with Crippen molar-refractivity contribution >= 4 is 5.82 Å². The molecule has 1 aliphatic rings. The van der Waals surface area contributed by atoms with Gasteiger partial charge in [0.2, 0.25) is 0 Å². The number of hydrogen-bond donors (Lipinski definition) is 1. The van der Waals surface area contributed by atoms with Gasteiger partial charge in [0.05, 0.1) is 6.10 Å². The van der Waals surface area contributed by atoms with Crippen LogP contribution in [0.15, 0.2) is 12.3 Å². The van der Waals surface area contributed by atoms with Crippen LogP contribution in [-0.2, 0) is 0 Å². The van der Waals surface area contributed by atoms with Crippen molar-refractivity contribution in [1.82, 2.24) is 4.98 Å². The van der Waals surface area contributed by atoms with Crippen molar-refractivity contribution in [3.05, 3.63) is 17.8 Å². The predicted octanol–water partition coefficient (Wildman–Crippen LogP) is 2.79. The normalized spacial score (nSPS) is 15.5. The highest BCUT2D eigenvalue weighted by molar-refractivity contribution is 5.55. The highest BCUT2D eigenvalue weighted by Crippen LogP contribution is 2.36. The average molecular weight is 206 g/mol. The Morgan fingerprint density at radius 3 is 2.73 bits per heavy atom. The predicted molar refractivity (Wildman–Crippen MR) is 61.5 cm³/mol. The fraction of sp³-hybridized carbons (Fsp3) is 0.583. The van der Waals surface area contributed by atoms with Gasteiger partial charge in [0.25, 0.3) is 0 Å². The monoisotopic (exact) mass is 206 g/mol. The molecule has 0 aliphatic heterocycles. The van der Waals surface area contributed by atoms with E-state index in [2.05, 4.69) is 24.1 Å². The highest BCUT2D eigenvalue weighted by atomic mass is 16.5. The molecular formula is C12H18N2O. The summed E-state index contributed by atoms with van der Waals surface area (Å²) in [5.74, 6) is 2.26. The van der Waals surface area contributed by atoms with Crippen LogP contribution >= 0.6 is 0 Å². The molecule has 0 radical (unpaired) electrons. The summed E-state index contributed by atoms with van der Waals surface area (Å²) in [6.07, 6.45) is 4.60. The molecule has 1 N–H and O–H groups in total. The smallest absolute Gasteiger partial charge is 0.168 e. The van der Waals surface area contributed by atoms with Crippen LogP contribution in [0.1, 0.15) is 38.2 Å². The Bertz CT molecular complexity index is 345. The lowest BCUT2D eigenvalue weighted by Gasteiger charge is -2.16. The number of nitrogens with one attached hydrogen (secondary N) is 1. The number of ether oxygens (including phenoxy) is 1. The van der Waals surface area contributed by atoms with E-state index in [1.807, 2.05) is 19.3 Å². The van der Waals surface area contributed by atoms with E-state index in [4.69, 9.17) is 4.74 Å². The van der Waals surface area contributed by atoms with Gasteiger partial charge >= 0.3 is 0 Å². The van der Waals surface area contributed by atoms with Crippen molar-refractivity contribution in [3.8, 4) is 5.75 Å². The van der Waals surface area contributed by atoms with Crippen molar-refractivity contribution in [1.29, 1.82) is 0 Å². The summed E-state index contributed by atoms with van der Waals surface area (Å²) < 4.78 is 5.91. The minimum absolute atomic E-state index is 0.416. The van der Waals surface area contributed by atoms with Crippen LogP contribution in [-0.4, -0.2) is 18.1 Å². The molecule has 1 saturated carbocycles. The second kappa shape index (κ2) is 4.09. The van der Waals surface area contributed by atoms with Gasteiger partial charge in [-0.05, 0) is 24.8 Å². The molecule has 1 fully saturated rings. The molecule has 0 bridgehead atoms. The first kappa shape index (κ1) is 10.3.